The van der Waals surface area contributed by atoms with Gasteiger partial charge in [0.05, 0.1) is 6.67 Å². The molecule has 2 heterocycles. The molecule has 8 heteroatoms. The lowest BCUT2D eigenvalue weighted by molar-refractivity contribution is -0.140. The lowest BCUT2D eigenvalue weighted by Crippen LogP contribution is -2.58. The number of hydrogen-bond acceptors (Lipinski definition) is 4. The standard InChI is InChI=1S/C28H37N5O3/c1-4-22-11-10-12-23(19-22)29-27(36)31-17-15-28(16-18-31)26(35)32(20-25(34)30(5-2)6-3)21-33(28)24-13-8-7-9-14-24/h7-14,19H,4-6,15-18,20-21H2,1-3H3,(H,29,36). The number of para-hydroxylation sites is 1. The van der Waals surface area contributed by atoms with E-state index in [0.29, 0.717) is 45.7 Å². The van der Waals surface area contributed by atoms with Crippen molar-refractivity contribution < 1.29 is 14.4 Å². The molecule has 1 N–H and O–H groups in total. The Balaban J connectivity index is 1.50. The molecule has 2 aromatic rings. The number of anilines is 2. The van der Waals surface area contributed by atoms with Crippen LogP contribution in [0.3, 0.4) is 0 Å². The number of urea groups is 1. The van der Waals surface area contributed by atoms with E-state index in [-0.39, 0.29) is 24.4 Å². The van der Waals surface area contributed by atoms with Gasteiger partial charge in [-0.2, -0.15) is 0 Å². The first-order valence-corrected chi connectivity index (χ1v) is 13.0. The van der Waals surface area contributed by atoms with Crippen LogP contribution in [0.2, 0.25) is 0 Å². The van der Waals surface area contributed by atoms with E-state index in [1.807, 2.05) is 68.4 Å². The van der Waals surface area contributed by atoms with Crippen LogP contribution in [0, 0.1) is 0 Å². The summed E-state index contributed by atoms with van der Waals surface area (Å²) in [5.74, 6) is -0.0629. The molecule has 1 spiro atoms. The van der Waals surface area contributed by atoms with Gasteiger partial charge < -0.3 is 24.9 Å². The van der Waals surface area contributed by atoms with Gasteiger partial charge in [-0.05, 0) is 62.9 Å². The van der Waals surface area contributed by atoms with Gasteiger partial charge in [-0.3, -0.25) is 9.59 Å². The Kier molecular flexibility index (Phi) is 7.82. The zero-order valence-electron chi connectivity index (χ0n) is 21.6. The van der Waals surface area contributed by atoms with Gasteiger partial charge in [0.25, 0.3) is 5.91 Å². The summed E-state index contributed by atoms with van der Waals surface area (Å²) in [5, 5.41) is 3.01. The number of piperidine rings is 1. The summed E-state index contributed by atoms with van der Waals surface area (Å²) < 4.78 is 0. The number of benzene rings is 2. The highest BCUT2D eigenvalue weighted by Gasteiger charge is 2.54. The van der Waals surface area contributed by atoms with E-state index in [4.69, 9.17) is 0 Å². The van der Waals surface area contributed by atoms with Crippen LogP contribution >= 0.6 is 0 Å². The van der Waals surface area contributed by atoms with E-state index in [2.05, 4.69) is 17.1 Å². The van der Waals surface area contributed by atoms with Crippen LogP contribution in [0.4, 0.5) is 16.2 Å². The Hall–Kier alpha value is -3.55. The monoisotopic (exact) mass is 491 g/mol. The molecule has 0 radical (unpaired) electrons. The van der Waals surface area contributed by atoms with Gasteiger partial charge in [-0.25, -0.2) is 4.79 Å². The summed E-state index contributed by atoms with van der Waals surface area (Å²) in [4.78, 5) is 47.0. The van der Waals surface area contributed by atoms with Crippen molar-refractivity contribution in [3.63, 3.8) is 0 Å². The molecule has 2 fully saturated rings. The minimum Gasteiger partial charge on any atom is -0.342 e. The molecule has 4 amide bonds. The van der Waals surface area contributed by atoms with Crippen molar-refractivity contribution in [2.75, 3.05) is 49.6 Å². The summed E-state index contributed by atoms with van der Waals surface area (Å²) in [5.41, 5.74) is 2.14. The number of hydrogen-bond donors (Lipinski definition) is 1. The number of aryl methyl sites for hydroxylation is 1. The molecule has 2 aliphatic heterocycles. The van der Waals surface area contributed by atoms with Gasteiger partial charge in [-0.15, -0.1) is 0 Å². The Morgan fingerprint density at radius 2 is 1.67 bits per heavy atom. The van der Waals surface area contributed by atoms with Crippen molar-refractivity contribution in [3.8, 4) is 0 Å². The second kappa shape index (κ2) is 11.0. The molecule has 0 unspecified atom stereocenters. The van der Waals surface area contributed by atoms with Gasteiger partial charge >= 0.3 is 6.03 Å². The number of nitrogens with zero attached hydrogens (tertiary/aromatic N) is 4. The highest BCUT2D eigenvalue weighted by atomic mass is 16.2. The molecule has 192 valence electrons. The summed E-state index contributed by atoms with van der Waals surface area (Å²) >= 11 is 0. The van der Waals surface area contributed by atoms with E-state index in [1.54, 1.807) is 14.7 Å². The number of carbonyl (C=O) groups excluding carboxylic acids is 3. The molecular formula is C28H37N5O3. The highest BCUT2D eigenvalue weighted by molar-refractivity contribution is 5.97. The molecule has 0 bridgehead atoms. The molecule has 36 heavy (non-hydrogen) atoms. The lowest BCUT2D eigenvalue weighted by Gasteiger charge is -2.43. The molecule has 0 aromatic heterocycles. The molecule has 2 aromatic carbocycles. The van der Waals surface area contributed by atoms with Crippen LogP contribution < -0.4 is 10.2 Å². The van der Waals surface area contributed by atoms with Crippen LogP contribution in [0.1, 0.15) is 39.2 Å². The first-order chi connectivity index (χ1) is 17.4. The fourth-order valence-corrected chi connectivity index (χ4v) is 5.31. The molecule has 2 saturated heterocycles. The zero-order chi connectivity index (χ0) is 25.7. The average molecular weight is 492 g/mol. The number of amides is 4. The second-order valence-electron chi connectivity index (χ2n) is 9.48. The number of likely N-dealkylation sites (N-methyl/N-ethyl adjacent to an activating group) is 1. The van der Waals surface area contributed by atoms with Crippen LogP contribution in [-0.2, 0) is 16.0 Å². The topological polar surface area (TPSA) is 76.2 Å². The fourth-order valence-electron chi connectivity index (χ4n) is 5.31. The largest absolute Gasteiger partial charge is 0.342 e. The molecule has 0 saturated carbocycles. The van der Waals surface area contributed by atoms with Gasteiger partial charge in [0.2, 0.25) is 5.91 Å². The normalized spacial score (nSPS) is 17.0. The van der Waals surface area contributed by atoms with E-state index >= 15 is 0 Å². The molecule has 8 nitrogen and oxygen atoms in total. The average Bonchev–Trinajstić information content (AvgIpc) is 3.16. The Bertz CT molecular complexity index is 1080. The molecule has 2 aliphatic rings. The predicted molar refractivity (Wildman–Crippen MR) is 142 cm³/mol. The van der Waals surface area contributed by atoms with E-state index in [0.717, 1.165) is 17.8 Å². The molecular weight excluding hydrogens is 454 g/mol. The third-order valence-electron chi connectivity index (χ3n) is 7.49. The maximum absolute atomic E-state index is 13.8. The van der Waals surface area contributed by atoms with Gasteiger partial charge in [-0.1, -0.05) is 37.3 Å². The zero-order valence-corrected chi connectivity index (χ0v) is 21.6. The van der Waals surface area contributed by atoms with Crippen LogP contribution in [0.25, 0.3) is 0 Å². The van der Waals surface area contributed by atoms with E-state index in [1.165, 1.54) is 5.56 Å². The molecule has 4 rings (SSSR count). The number of carbonyl (C=O) groups is 3. The Morgan fingerprint density at radius 3 is 2.31 bits per heavy atom. The van der Waals surface area contributed by atoms with Crippen molar-refractivity contribution in [2.24, 2.45) is 0 Å². The Labute approximate surface area is 213 Å². The van der Waals surface area contributed by atoms with Crippen molar-refractivity contribution in [1.82, 2.24) is 14.7 Å². The highest BCUT2D eigenvalue weighted by Crippen LogP contribution is 2.39. The first kappa shape index (κ1) is 25.5. The van der Waals surface area contributed by atoms with E-state index in [9.17, 15) is 14.4 Å². The van der Waals surface area contributed by atoms with Gasteiger partial charge in [0, 0.05) is 37.6 Å². The summed E-state index contributed by atoms with van der Waals surface area (Å²) in [7, 11) is 0. The maximum Gasteiger partial charge on any atom is 0.321 e. The number of likely N-dealkylation sites (tertiary alicyclic amines) is 1. The number of nitrogens with one attached hydrogen (secondary N) is 1. The van der Waals surface area contributed by atoms with Crippen LogP contribution in [-0.4, -0.2) is 77.5 Å². The van der Waals surface area contributed by atoms with Crippen LogP contribution in [0.15, 0.2) is 54.6 Å². The van der Waals surface area contributed by atoms with E-state index < -0.39 is 5.54 Å². The SMILES string of the molecule is CCc1cccc(NC(=O)N2CCC3(CC2)C(=O)N(CC(=O)N(CC)CC)CN3c2ccccc2)c1. The van der Waals surface area contributed by atoms with Gasteiger partial charge in [0.1, 0.15) is 12.1 Å². The minimum atomic E-state index is -0.760. The summed E-state index contributed by atoms with van der Waals surface area (Å²) in [6.07, 6.45) is 1.93. The maximum atomic E-state index is 13.8. The second-order valence-corrected chi connectivity index (χ2v) is 9.48. The minimum absolute atomic E-state index is 0.0254. The third-order valence-corrected chi connectivity index (χ3v) is 7.49. The fraction of sp³-hybridized carbons (Fsp3) is 0.464. The van der Waals surface area contributed by atoms with Crippen LogP contribution in [0.5, 0.6) is 0 Å². The smallest absolute Gasteiger partial charge is 0.321 e. The Morgan fingerprint density at radius 1 is 0.972 bits per heavy atom. The quantitative estimate of drug-likeness (QED) is 0.640. The molecule has 0 aliphatic carbocycles. The molecule has 0 atom stereocenters. The van der Waals surface area contributed by atoms with Crippen molar-refractivity contribution in [3.05, 3.63) is 60.2 Å². The third kappa shape index (κ3) is 5.03. The lowest BCUT2D eigenvalue weighted by atomic mass is 9.85. The van der Waals surface area contributed by atoms with Crippen molar-refractivity contribution in [1.29, 1.82) is 0 Å². The first-order valence-electron chi connectivity index (χ1n) is 13.0. The number of rotatable bonds is 7. The predicted octanol–water partition coefficient (Wildman–Crippen LogP) is 3.79. The summed E-state index contributed by atoms with van der Waals surface area (Å²) in [6.45, 7) is 8.59. The van der Waals surface area contributed by atoms with Crippen molar-refractivity contribution in [2.45, 2.75) is 45.6 Å². The summed E-state index contributed by atoms with van der Waals surface area (Å²) in [6, 6.07) is 17.6. The van der Waals surface area contributed by atoms with Gasteiger partial charge in [0.15, 0.2) is 0 Å². The van der Waals surface area contributed by atoms with Crippen molar-refractivity contribution >= 4 is 29.2 Å².